The average Bonchev–Trinajstić information content (AvgIpc) is 2.50. The van der Waals surface area contributed by atoms with Crippen LogP contribution in [0.5, 0.6) is 0 Å². The Morgan fingerprint density at radius 2 is 1.12 bits per heavy atom. The molecule has 0 aliphatic heterocycles. The van der Waals surface area contributed by atoms with E-state index in [1.807, 2.05) is 0 Å². The molecule has 0 aromatic carbocycles. The zero-order valence-corrected chi connectivity index (χ0v) is 17.9. The van der Waals surface area contributed by atoms with Gasteiger partial charge < -0.3 is 9.22 Å². The predicted molar refractivity (Wildman–Crippen MR) is 112 cm³/mol. The highest BCUT2D eigenvalue weighted by Crippen LogP contribution is 2.13. The fourth-order valence-corrected chi connectivity index (χ4v) is 3.02. The van der Waals surface area contributed by atoms with Crippen LogP contribution in [0.2, 0.25) is 0 Å². The Bertz CT molecular complexity index is 286. The summed E-state index contributed by atoms with van der Waals surface area (Å²) in [6, 6.07) is 0. The molecule has 0 fully saturated rings. The van der Waals surface area contributed by atoms with Gasteiger partial charge in [0.15, 0.2) is 5.05 Å². The lowest BCUT2D eigenvalue weighted by atomic mass is 10.0. The first-order chi connectivity index (χ1) is 11.5. The van der Waals surface area contributed by atoms with Crippen molar-refractivity contribution < 1.29 is 9.22 Å². The Balaban J connectivity index is 3.18. The molecule has 24 heavy (non-hydrogen) atoms. The molecule has 0 rings (SSSR count). The van der Waals surface area contributed by atoms with E-state index < -0.39 is 0 Å². The minimum atomic E-state index is 0.751. The third kappa shape index (κ3) is 19.9. The number of hydrogen-bond acceptors (Lipinski definition) is 2. The summed E-state index contributed by atoms with van der Waals surface area (Å²) in [6.45, 7) is 4.05. The molecule has 0 N–H and O–H groups in total. The maximum atomic E-state index is 5.64. The fraction of sp³-hybridized carbons (Fsp3) is 0.952. The van der Waals surface area contributed by atoms with Gasteiger partial charge in [-0.05, 0) is 18.6 Å². The van der Waals surface area contributed by atoms with Gasteiger partial charge in [0.05, 0.1) is 21.1 Å². The van der Waals surface area contributed by atoms with Gasteiger partial charge in [0.2, 0.25) is 0 Å². The molecule has 0 radical (unpaired) electrons. The van der Waals surface area contributed by atoms with E-state index in [0.29, 0.717) is 0 Å². The highest BCUT2D eigenvalue weighted by Gasteiger charge is 2.07. The first kappa shape index (κ1) is 23.9. The molecule has 0 aliphatic rings. The Morgan fingerprint density at radius 3 is 1.54 bits per heavy atom. The molecular formula is C21H44NOS+. The number of hydrogen-bond donors (Lipinski definition) is 0. The Morgan fingerprint density at radius 1 is 0.708 bits per heavy atom. The summed E-state index contributed by atoms with van der Waals surface area (Å²) >= 11 is 5.30. The number of rotatable bonds is 17. The lowest BCUT2D eigenvalue weighted by Gasteiger charge is -2.23. The summed E-state index contributed by atoms with van der Waals surface area (Å²) in [7, 11) is 6.54. The molecule has 3 heteroatoms. The predicted octanol–water partition coefficient (Wildman–Crippen LogP) is 6.52. The number of quaternary nitrogens is 1. The van der Waals surface area contributed by atoms with Crippen molar-refractivity contribution in [2.75, 3.05) is 34.3 Å². The molecule has 144 valence electrons. The Hall–Kier alpha value is -0.150. The topological polar surface area (TPSA) is 9.23 Å². The highest BCUT2D eigenvalue weighted by atomic mass is 32.1. The number of unbranched alkanes of at least 4 members (excludes halogenated alkanes) is 12. The van der Waals surface area contributed by atoms with E-state index in [4.69, 9.17) is 17.0 Å². The summed E-state index contributed by atoms with van der Waals surface area (Å²) in [6.07, 6.45) is 19.1. The van der Waals surface area contributed by atoms with Crippen molar-refractivity contribution in [2.45, 2.75) is 96.8 Å². The van der Waals surface area contributed by atoms with Gasteiger partial charge in [0, 0.05) is 6.42 Å². The quantitative estimate of drug-likeness (QED) is 0.166. The van der Waals surface area contributed by atoms with Crippen LogP contribution in [0.3, 0.4) is 0 Å². The van der Waals surface area contributed by atoms with Crippen LogP contribution in [-0.4, -0.2) is 43.8 Å². The molecule has 0 amide bonds. The van der Waals surface area contributed by atoms with Gasteiger partial charge in [-0.25, -0.2) is 0 Å². The third-order valence-corrected chi connectivity index (χ3v) is 4.83. The van der Waals surface area contributed by atoms with E-state index >= 15 is 0 Å². The van der Waals surface area contributed by atoms with E-state index in [9.17, 15) is 0 Å². The molecule has 0 aliphatic carbocycles. The first-order valence-electron chi connectivity index (χ1n) is 10.4. The maximum absolute atomic E-state index is 5.64. The van der Waals surface area contributed by atoms with Crippen LogP contribution in [-0.2, 0) is 4.74 Å². The number of likely N-dealkylation sites (N-methyl/N-ethyl adjacent to an activating group) is 1. The second kappa shape index (κ2) is 16.3. The number of thiocarbonyl (C=S) groups is 1. The summed E-state index contributed by atoms with van der Waals surface area (Å²) in [5, 5.41) is 0.812. The van der Waals surface area contributed by atoms with Crippen LogP contribution in [0.4, 0.5) is 0 Å². The standard InChI is InChI=1S/C21H44NOS/c1-5-6-7-8-9-10-11-12-13-14-15-16-17-18-21(24)23-20-19-22(2,3)4/h5-20H2,1-4H3/q+1. The SMILES string of the molecule is CCCCCCCCCCCCCCCC(=S)OCC[N+](C)(C)C. The Labute approximate surface area is 157 Å². The van der Waals surface area contributed by atoms with E-state index in [1.165, 1.54) is 83.5 Å². The maximum Gasteiger partial charge on any atom is 0.160 e. The van der Waals surface area contributed by atoms with Crippen LogP contribution < -0.4 is 0 Å². The first-order valence-corrected chi connectivity index (χ1v) is 10.8. The van der Waals surface area contributed by atoms with Crippen LogP contribution in [0.25, 0.3) is 0 Å². The number of ether oxygens (including phenoxy) is 1. The second-order valence-electron chi connectivity index (χ2n) is 8.23. The second-order valence-corrected chi connectivity index (χ2v) is 8.68. The van der Waals surface area contributed by atoms with Gasteiger partial charge in [-0.2, -0.15) is 0 Å². The van der Waals surface area contributed by atoms with Crippen LogP contribution in [0.15, 0.2) is 0 Å². The molecule has 0 aromatic rings. The van der Waals surface area contributed by atoms with Gasteiger partial charge in [-0.1, -0.05) is 84.0 Å². The van der Waals surface area contributed by atoms with Gasteiger partial charge in [0.1, 0.15) is 13.2 Å². The summed E-state index contributed by atoms with van der Waals surface area (Å²) in [5.74, 6) is 0. The van der Waals surface area contributed by atoms with Crippen molar-refractivity contribution in [3.05, 3.63) is 0 Å². The van der Waals surface area contributed by atoms with Crippen molar-refractivity contribution >= 4 is 17.3 Å². The average molecular weight is 359 g/mol. The third-order valence-electron chi connectivity index (χ3n) is 4.51. The van der Waals surface area contributed by atoms with E-state index in [1.54, 1.807) is 0 Å². The van der Waals surface area contributed by atoms with Crippen molar-refractivity contribution in [2.24, 2.45) is 0 Å². The normalized spacial score (nSPS) is 11.7. The van der Waals surface area contributed by atoms with E-state index in [-0.39, 0.29) is 0 Å². The highest BCUT2D eigenvalue weighted by molar-refractivity contribution is 7.80. The lowest BCUT2D eigenvalue weighted by molar-refractivity contribution is -0.870. The van der Waals surface area contributed by atoms with Crippen molar-refractivity contribution in [1.29, 1.82) is 0 Å². The molecule has 0 saturated carbocycles. The molecule has 0 bridgehead atoms. The van der Waals surface area contributed by atoms with Crippen molar-refractivity contribution in [3.8, 4) is 0 Å². The smallest absolute Gasteiger partial charge is 0.160 e. The summed E-state index contributed by atoms with van der Waals surface area (Å²) < 4.78 is 6.57. The van der Waals surface area contributed by atoms with Crippen LogP contribution in [0, 0.1) is 0 Å². The lowest BCUT2D eigenvalue weighted by Crippen LogP contribution is -2.37. The molecule has 0 atom stereocenters. The van der Waals surface area contributed by atoms with E-state index in [0.717, 1.165) is 29.1 Å². The Kier molecular flexibility index (Phi) is 16.2. The van der Waals surface area contributed by atoms with Gasteiger partial charge >= 0.3 is 0 Å². The largest absolute Gasteiger partial charge is 0.481 e. The van der Waals surface area contributed by atoms with Crippen molar-refractivity contribution in [3.63, 3.8) is 0 Å². The molecule has 2 nitrogen and oxygen atoms in total. The van der Waals surface area contributed by atoms with Gasteiger partial charge in [-0.3, -0.25) is 0 Å². The van der Waals surface area contributed by atoms with Crippen LogP contribution >= 0.6 is 12.2 Å². The molecule has 0 heterocycles. The molecule has 0 saturated heterocycles. The zero-order chi connectivity index (χ0) is 18.1. The van der Waals surface area contributed by atoms with Gasteiger partial charge in [-0.15, -0.1) is 0 Å². The molecule has 0 unspecified atom stereocenters. The summed E-state index contributed by atoms with van der Waals surface area (Å²) in [5.41, 5.74) is 0. The summed E-state index contributed by atoms with van der Waals surface area (Å²) in [4.78, 5) is 0. The molecule has 0 spiro atoms. The van der Waals surface area contributed by atoms with Gasteiger partial charge in [0.25, 0.3) is 0 Å². The minimum Gasteiger partial charge on any atom is -0.481 e. The minimum absolute atomic E-state index is 0.751. The molecule has 0 aromatic heterocycles. The van der Waals surface area contributed by atoms with Crippen molar-refractivity contribution in [1.82, 2.24) is 0 Å². The van der Waals surface area contributed by atoms with Crippen LogP contribution in [0.1, 0.15) is 96.8 Å². The monoisotopic (exact) mass is 358 g/mol. The fourth-order valence-electron chi connectivity index (χ4n) is 2.79. The zero-order valence-electron chi connectivity index (χ0n) is 17.1. The van der Waals surface area contributed by atoms with E-state index in [2.05, 4.69) is 28.1 Å². The number of nitrogens with zero attached hydrogens (tertiary/aromatic N) is 1. The molecular weight excluding hydrogens is 314 g/mol.